The topological polar surface area (TPSA) is 60.4 Å². The molecule has 4 nitrogen and oxygen atoms in total. The van der Waals surface area contributed by atoms with Crippen LogP contribution in [0.5, 0.6) is 0 Å². The molecule has 1 heterocycles. The molecular formula is C14H8O4S. The second-order valence-electron chi connectivity index (χ2n) is 4.05. The summed E-state index contributed by atoms with van der Waals surface area (Å²) in [7, 11) is 1.26. The molecule has 0 radical (unpaired) electrons. The fourth-order valence-corrected chi connectivity index (χ4v) is 3.10. The van der Waals surface area contributed by atoms with Crippen LogP contribution in [0.1, 0.15) is 40.8 Å². The fraction of sp³-hybridized carbons (Fsp3) is 0.0714. The standard InChI is InChI=1S/C14H8O4S/c1-18-14(17)10-6-9-11(15)7-4-2-3-5-8(7)12(16)13(9)19-10/h2-6H,1H3. The van der Waals surface area contributed by atoms with E-state index in [4.69, 9.17) is 0 Å². The van der Waals surface area contributed by atoms with Gasteiger partial charge in [-0.25, -0.2) is 4.79 Å². The van der Waals surface area contributed by atoms with E-state index >= 15 is 0 Å². The van der Waals surface area contributed by atoms with Gasteiger partial charge in [-0.15, -0.1) is 11.3 Å². The second kappa shape index (κ2) is 4.13. The Morgan fingerprint density at radius 1 is 1.05 bits per heavy atom. The summed E-state index contributed by atoms with van der Waals surface area (Å²) in [6, 6.07) is 8.10. The third kappa shape index (κ3) is 1.62. The third-order valence-corrected chi connectivity index (χ3v) is 4.10. The monoisotopic (exact) mass is 272 g/mol. The van der Waals surface area contributed by atoms with Crippen LogP contribution in [0.25, 0.3) is 0 Å². The van der Waals surface area contributed by atoms with Gasteiger partial charge in [0.2, 0.25) is 5.78 Å². The summed E-state index contributed by atoms with van der Waals surface area (Å²) in [4.78, 5) is 36.6. The lowest BCUT2D eigenvalue weighted by molar-refractivity contribution is 0.0606. The van der Waals surface area contributed by atoms with E-state index in [0.717, 1.165) is 11.3 Å². The average molecular weight is 272 g/mol. The van der Waals surface area contributed by atoms with Crippen molar-refractivity contribution < 1.29 is 19.1 Å². The summed E-state index contributed by atoms with van der Waals surface area (Å²) in [5.41, 5.74) is 1.06. The largest absolute Gasteiger partial charge is 0.465 e. The van der Waals surface area contributed by atoms with Gasteiger partial charge in [0.05, 0.1) is 12.0 Å². The molecule has 19 heavy (non-hydrogen) atoms. The molecule has 1 aromatic carbocycles. The molecule has 3 rings (SSSR count). The lowest BCUT2D eigenvalue weighted by Crippen LogP contribution is -2.18. The number of ether oxygens (including phenoxy) is 1. The fourth-order valence-electron chi connectivity index (χ4n) is 2.08. The Balaban J connectivity index is 2.21. The van der Waals surface area contributed by atoms with E-state index in [1.165, 1.54) is 13.2 Å². The van der Waals surface area contributed by atoms with Gasteiger partial charge in [-0.05, 0) is 6.07 Å². The Bertz CT molecular complexity index is 674. The van der Waals surface area contributed by atoms with E-state index in [2.05, 4.69) is 4.74 Å². The quantitative estimate of drug-likeness (QED) is 0.638. The molecule has 2 aromatic rings. The maximum Gasteiger partial charge on any atom is 0.348 e. The van der Waals surface area contributed by atoms with Gasteiger partial charge in [0.15, 0.2) is 5.78 Å². The number of thiophene rings is 1. The minimum atomic E-state index is -0.538. The number of rotatable bonds is 1. The zero-order valence-electron chi connectivity index (χ0n) is 9.93. The highest BCUT2D eigenvalue weighted by Gasteiger charge is 2.32. The van der Waals surface area contributed by atoms with Gasteiger partial charge in [-0.3, -0.25) is 9.59 Å². The van der Waals surface area contributed by atoms with E-state index in [-0.39, 0.29) is 22.0 Å². The molecule has 0 N–H and O–H groups in total. The summed E-state index contributed by atoms with van der Waals surface area (Å²) in [5, 5.41) is 0. The summed E-state index contributed by atoms with van der Waals surface area (Å²) in [6.07, 6.45) is 0. The summed E-state index contributed by atoms with van der Waals surface area (Å²) < 4.78 is 4.61. The normalized spacial score (nSPS) is 12.9. The Morgan fingerprint density at radius 2 is 1.68 bits per heavy atom. The molecular weight excluding hydrogens is 264 g/mol. The molecule has 1 aliphatic rings. The van der Waals surface area contributed by atoms with Gasteiger partial charge in [0.25, 0.3) is 0 Å². The Labute approximate surface area is 112 Å². The zero-order valence-corrected chi connectivity index (χ0v) is 10.7. The number of hydrogen-bond acceptors (Lipinski definition) is 5. The van der Waals surface area contributed by atoms with Crippen LogP contribution < -0.4 is 0 Å². The van der Waals surface area contributed by atoms with Crippen molar-refractivity contribution in [1.29, 1.82) is 0 Å². The molecule has 0 amide bonds. The molecule has 0 bridgehead atoms. The highest BCUT2D eigenvalue weighted by Crippen LogP contribution is 2.33. The van der Waals surface area contributed by atoms with Crippen LogP contribution in [-0.2, 0) is 4.74 Å². The first-order valence-corrected chi connectivity index (χ1v) is 6.35. The molecule has 0 saturated carbocycles. The number of fused-ring (bicyclic) bond motifs is 2. The number of ketones is 2. The lowest BCUT2D eigenvalue weighted by Gasteiger charge is -2.12. The Kier molecular flexibility index (Phi) is 2.57. The van der Waals surface area contributed by atoms with Crippen molar-refractivity contribution in [1.82, 2.24) is 0 Å². The van der Waals surface area contributed by atoms with Crippen molar-refractivity contribution in [3.8, 4) is 0 Å². The number of methoxy groups -OCH3 is 1. The van der Waals surface area contributed by atoms with Gasteiger partial charge in [0, 0.05) is 16.7 Å². The molecule has 0 saturated heterocycles. The maximum atomic E-state index is 12.3. The lowest BCUT2D eigenvalue weighted by atomic mass is 9.89. The number of esters is 1. The van der Waals surface area contributed by atoms with Crippen molar-refractivity contribution in [3.63, 3.8) is 0 Å². The highest BCUT2D eigenvalue weighted by molar-refractivity contribution is 7.16. The van der Waals surface area contributed by atoms with E-state index in [9.17, 15) is 14.4 Å². The van der Waals surface area contributed by atoms with Crippen LogP contribution >= 0.6 is 11.3 Å². The molecule has 0 atom stereocenters. The van der Waals surface area contributed by atoms with Crippen molar-refractivity contribution in [2.75, 3.05) is 7.11 Å². The maximum absolute atomic E-state index is 12.3. The molecule has 0 fully saturated rings. The van der Waals surface area contributed by atoms with Gasteiger partial charge in [-0.2, -0.15) is 0 Å². The first-order chi connectivity index (χ1) is 9.13. The van der Waals surface area contributed by atoms with Crippen LogP contribution in [-0.4, -0.2) is 24.6 Å². The Hall–Kier alpha value is -2.27. The van der Waals surface area contributed by atoms with Crippen molar-refractivity contribution in [2.45, 2.75) is 0 Å². The molecule has 1 aromatic heterocycles. The average Bonchev–Trinajstić information content (AvgIpc) is 2.89. The van der Waals surface area contributed by atoms with E-state index in [1.54, 1.807) is 24.3 Å². The molecule has 94 valence electrons. The molecule has 0 spiro atoms. The number of carbonyl (C=O) groups excluding carboxylic acids is 3. The van der Waals surface area contributed by atoms with Gasteiger partial charge < -0.3 is 4.74 Å². The first-order valence-electron chi connectivity index (χ1n) is 5.54. The van der Waals surface area contributed by atoms with Crippen LogP contribution in [0, 0.1) is 0 Å². The van der Waals surface area contributed by atoms with Crippen LogP contribution in [0.3, 0.4) is 0 Å². The molecule has 0 unspecified atom stereocenters. The van der Waals surface area contributed by atoms with Crippen LogP contribution in [0.2, 0.25) is 0 Å². The zero-order chi connectivity index (χ0) is 13.6. The number of hydrogen-bond donors (Lipinski definition) is 0. The molecule has 0 aliphatic heterocycles. The molecule has 1 aliphatic carbocycles. The van der Waals surface area contributed by atoms with Crippen LogP contribution in [0.4, 0.5) is 0 Å². The van der Waals surface area contributed by atoms with Gasteiger partial charge >= 0.3 is 5.97 Å². The summed E-state index contributed by atoms with van der Waals surface area (Å²) in [6.45, 7) is 0. The second-order valence-corrected chi connectivity index (χ2v) is 5.10. The predicted molar refractivity (Wildman–Crippen MR) is 69.0 cm³/mol. The molecule has 5 heteroatoms. The smallest absolute Gasteiger partial charge is 0.348 e. The number of carbonyl (C=O) groups is 3. The van der Waals surface area contributed by atoms with Gasteiger partial charge in [-0.1, -0.05) is 24.3 Å². The summed E-state index contributed by atoms with van der Waals surface area (Å²) in [5.74, 6) is -0.981. The SMILES string of the molecule is COC(=O)c1cc2c(s1)C(=O)c1ccccc1C2=O. The van der Waals surface area contributed by atoms with E-state index < -0.39 is 5.97 Å². The Morgan fingerprint density at radius 3 is 2.32 bits per heavy atom. The third-order valence-electron chi connectivity index (χ3n) is 2.99. The van der Waals surface area contributed by atoms with E-state index in [0.29, 0.717) is 16.0 Å². The van der Waals surface area contributed by atoms with Crippen molar-refractivity contribution >= 4 is 28.9 Å². The van der Waals surface area contributed by atoms with Crippen molar-refractivity contribution in [2.24, 2.45) is 0 Å². The number of benzene rings is 1. The summed E-state index contributed by atoms with van der Waals surface area (Å²) >= 11 is 0.999. The van der Waals surface area contributed by atoms with Crippen LogP contribution in [0.15, 0.2) is 30.3 Å². The highest BCUT2D eigenvalue weighted by atomic mass is 32.1. The van der Waals surface area contributed by atoms with E-state index in [1.807, 2.05) is 0 Å². The minimum absolute atomic E-state index is 0.217. The minimum Gasteiger partial charge on any atom is -0.465 e. The van der Waals surface area contributed by atoms with Crippen molar-refractivity contribution in [3.05, 3.63) is 56.8 Å². The first kappa shape index (κ1) is 11.8. The predicted octanol–water partition coefficient (Wildman–Crippen LogP) is 2.31. The van der Waals surface area contributed by atoms with Gasteiger partial charge in [0.1, 0.15) is 4.88 Å².